The number of aliphatic carboxylic acids is 1. The van der Waals surface area contributed by atoms with Crippen molar-refractivity contribution in [2.24, 2.45) is 5.73 Å². The van der Waals surface area contributed by atoms with Gasteiger partial charge in [-0.3, -0.25) is 14.6 Å². The van der Waals surface area contributed by atoms with Crippen molar-refractivity contribution in [3.63, 3.8) is 0 Å². The maximum atomic E-state index is 11.5. The number of anilines is 3. The number of nitrogens with zero attached hydrogens (tertiary/aromatic N) is 2. The molecule has 0 bridgehead atoms. The van der Waals surface area contributed by atoms with E-state index in [4.69, 9.17) is 16.6 Å². The van der Waals surface area contributed by atoms with Crippen molar-refractivity contribution >= 4 is 23.4 Å². The molecule has 1 aromatic rings. The topological polar surface area (TPSA) is 150 Å². The van der Waals surface area contributed by atoms with Gasteiger partial charge in [0.05, 0.1) is 6.67 Å². The molecule has 0 radical (unpaired) electrons. The Kier molecular flexibility index (Phi) is 2.60. The van der Waals surface area contributed by atoms with Crippen molar-refractivity contribution in [2.45, 2.75) is 6.04 Å². The van der Waals surface area contributed by atoms with Crippen LogP contribution in [0.15, 0.2) is 4.79 Å². The van der Waals surface area contributed by atoms with Crippen LogP contribution in [0.25, 0.3) is 0 Å². The molecule has 17 heavy (non-hydrogen) atoms. The lowest BCUT2D eigenvalue weighted by molar-refractivity contribution is -0.138. The van der Waals surface area contributed by atoms with Crippen molar-refractivity contribution < 1.29 is 9.90 Å². The van der Waals surface area contributed by atoms with Crippen molar-refractivity contribution in [3.8, 4) is 0 Å². The third-order valence-corrected chi connectivity index (χ3v) is 2.40. The van der Waals surface area contributed by atoms with Gasteiger partial charge in [-0.25, -0.2) is 0 Å². The van der Waals surface area contributed by atoms with E-state index in [1.54, 1.807) is 4.90 Å². The summed E-state index contributed by atoms with van der Waals surface area (Å²) in [6.07, 6.45) is 0. The fourth-order valence-electron chi connectivity index (χ4n) is 1.58. The predicted octanol–water partition coefficient (Wildman–Crippen LogP) is -2.05. The van der Waals surface area contributed by atoms with Gasteiger partial charge in [0.2, 0.25) is 5.95 Å². The normalized spacial score (nSPS) is 15.2. The van der Waals surface area contributed by atoms with Gasteiger partial charge < -0.3 is 26.8 Å². The van der Waals surface area contributed by atoms with Gasteiger partial charge in [-0.05, 0) is 0 Å². The number of rotatable bonds is 3. The second kappa shape index (κ2) is 3.94. The Balaban J connectivity index is 2.28. The van der Waals surface area contributed by atoms with E-state index in [2.05, 4.69) is 15.3 Å². The fraction of sp³-hybridized carbons (Fsp3) is 0.375. The molecular formula is C8H12N6O3. The molecule has 1 unspecified atom stereocenters. The summed E-state index contributed by atoms with van der Waals surface area (Å²) >= 11 is 0. The van der Waals surface area contributed by atoms with E-state index in [1.807, 2.05) is 0 Å². The van der Waals surface area contributed by atoms with Gasteiger partial charge in [-0.1, -0.05) is 0 Å². The number of fused-ring (bicyclic) bond motifs is 1. The van der Waals surface area contributed by atoms with E-state index >= 15 is 0 Å². The summed E-state index contributed by atoms with van der Waals surface area (Å²) in [4.78, 5) is 30.0. The zero-order valence-electron chi connectivity index (χ0n) is 8.80. The highest BCUT2D eigenvalue weighted by atomic mass is 16.4. The zero-order valence-corrected chi connectivity index (χ0v) is 8.80. The highest BCUT2D eigenvalue weighted by Gasteiger charge is 2.26. The molecular weight excluding hydrogens is 228 g/mol. The van der Waals surface area contributed by atoms with Crippen LogP contribution in [0.1, 0.15) is 0 Å². The molecule has 0 spiro atoms. The van der Waals surface area contributed by atoms with Gasteiger partial charge in [0, 0.05) is 6.54 Å². The van der Waals surface area contributed by atoms with E-state index in [0.717, 1.165) is 0 Å². The zero-order chi connectivity index (χ0) is 12.6. The number of aromatic amines is 1. The third kappa shape index (κ3) is 1.99. The first kappa shape index (κ1) is 11.2. The van der Waals surface area contributed by atoms with Gasteiger partial charge in [0.25, 0.3) is 5.56 Å². The van der Waals surface area contributed by atoms with E-state index in [9.17, 15) is 9.59 Å². The number of carboxylic acids is 1. The highest BCUT2D eigenvalue weighted by Crippen LogP contribution is 2.25. The number of carbonyl (C=O) groups is 1. The molecule has 1 aliphatic rings. The molecule has 9 heteroatoms. The number of hydrogen-bond donors (Lipinski definition) is 5. The summed E-state index contributed by atoms with van der Waals surface area (Å²) in [7, 11) is 0. The number of H-pyrrole nitrogens is 1. The third-order valence-electron chi connectivity index (χ3n) is 2.40. The van der Waals surface area contributed by atoms with Crippen LogP contribution in [0.3, 0.4) is 0 Å². The Hall–Kier alpha value is -2.29. The monoisotopic (exact) mass is 240 g/mol. The molecule has 0 saturated carbocycles. The molecule has 7 N–H and O–H groups in total. The van der Waals surface area contributed by atoms with E-state index in [-0.39, 0.29) is 30.4 Å². The number of nitrogens with two attached hydrogens (primary N) is 2. The second-order valence-corrected chi connectivity index (χ2v) is 3.65. The van der Waals surface area contributed by atoms with E-state index in [1.165, 1.54) is 0 Å². The van der Waals surface area contributed by atoms with Gasteiger partial charge in [0.1, 0.15) is 11.7 Å². The maximum Gasteiger partial charge on any atom is 0.322 e. The number of aromatic nitrogens is 2. The summed E-state index contributed by atoms with van der Waals surface area (Å²) in [6.45, 7) is 0.321. The second-order valence-electron chi connectivity index (χ2n) is 3.65. The molecule has 9 nitrogen and oxygen atoms in total. The molecule has 0 amide bonds. The number of nitrogen functional groups attached to an aromatic ring is 1. The highest BCUT2D eigenvalue weighted by molar-refractivity contribution is 5.76. The number of hydrogen-bond acceptors (Lipinski definition) is 7. The van der Waals surface area contributed by atoms with Gasteiger partial charge in [-0.15, -0.1) is 0 Å². The standard InChI is InChI=1S/C8H12N6O3/c9-3(7(16)17)1-14-2-11-4-5(14)12-8(10)13-6(4)15/h3,11H,1-2,9H2,(H,16,17)(H3,10,12,13,15). The number of nitrogens with one attached hydrogen (secondary N) is 2. The van der Waals surface area contributed by atoms with Crippen molar-refractivity contribution in [3.05, 3.63) is 10.4 Å². The summed E-state index contributed by atoms with van der Waals surface area (Å²) in [5.41, 5.74) is 10.7. The van der Waals surface area contributed by atoms with E-state index in [0.29, 0.717) is 5.82 Å². The van der Waals surface area contributed by atoms with Gasteiger partial charge >= 0.3 is 5.97 Å². The Morgan fingerprint density at radius 1 is 1.65 bits per heavy atom. The largest absolute Gasteiger partial charge is 0.480 e. The lowest BCUT2D eigenvalue weighted by Gasteiger charge is -2.18. The Morgan fingerprint density at radius 2 is 2.35 bits per heavy atom. The van der Waals surface area contributed by atoms with Crippen LogP contribution in [0.4, 0.5) is 17.5 Å². The molecule has 2 heterocycles. The molecule has 0 fully saturated rings. The SMILES string of the molecule is Nc1nc2c(c(=O)[nH]1)NCN2CC(N)C(=O)O. The molecule has 2 rings (SSSR count). The van der Waals surface area contributed by atoms with Crippen LogP contribution >= 0.6 is 0 Å². The van der Waals surface area contributed by atoms with Crippen LogP contribution in [0, 0.1) is 0 Å². The minimum Gasteiger partial charge on any atom is -0.480 e. The minimum absolute atomic E-state index is 0.0219. The summed E-state index contributed by atoms with van der Waals surface area (Å²) in [6, 6.07) is -1.05. The smallest absolute Gasteiger partial charge is 0.322 e. The van der Waals surface area contributed by atoms with Gasteiger partial charge in [-0.2, -0.15) is 4.98 Å². The van der Waals surface area contributed by atoms with Crippen molar-refractivity contribution in [2.75, 3.05) is 29.2 Å². The quantitative estimate of drug-likeness (QED) is 0.405. The molecule has 1 atom stereocenters. The average Bonchev–Trinajstić information content (AvgIpc) is 2.61. The van der Waals surface area contributed by atoms with Gasteiger partial charge in [0.15, 0.2) is 5.82 Å². The molecule has 0 saturated heterocycles. The summed E-state index contributed by atoms with van der Waals surface area (Å²) in [5, 5.41) is 11.5. The Bertz CT molecular complexity index is 512. The Morgan fingerprint density at radius 3 is 3.00 bits per heavy atom. The average molecular weight is 240 g/mol. The number of carboxylic acid groups (broad SMARTS) is 1. The van der Waals surface area contributed by atoms with Crippen LogP contribution in [0.5, 0.6) is 0 Å². The molecule has 1 aliphatic heterocycles. The van der Waals surface area contributed by atoms with Crippen LogP contribution in [0.2, 0.25) is 0 Å². The van der Waals surface area contributed by atoms with Crippen molar-refractivity contribution in [1.82, 2.24) is 9.97 Å². The Labute approximate surface area is 95.4 Å². The maximum absolute atomic E-state index is 11.5. The molecule has 92 valence electrons. The minimum atomic E-state index is -1.11. The molecule has 0 aliphatic carbocycles. The molecule has 0 aromatic carbocycles. The van der Waals surface area contributed by atoms with Crippen molar-refractivity contribution in [1.29, 1.82) is 0 Å². The predicted molar refractivity (Wildman–Crippen MR) is 60.7 cm³/mol. The lowest BCUT2D eigenvalue weighted by atomic mass is 10.3. The summed E-state index contributed by atoms with van der Waals surface area (Å²) < 4.78 is 0. The first-order valence-corrected chi connectivity index (χ1v) is 4.86. The first-order valence-electron chi connectivity index (χ1n) is 4.86. The first-order chi connectivity index (χ1) is 7.99. The van der Waals surface area contributed by atoms with Crippen LogP contribution < -0.4 is 27.2 Å². The molecule has 1 aromatic heterocycles. The lowest BCUT2D eigenvalue weighted by Crippen LogP contribution is -2.42. The van der Waals surface area contributed by atoms with Crippen LogP contribution in [-0.2, 0) is 4.79 Å². The van der Waals surface area contributed by atoms with Crippen LogP contribution in [-0.4, -0.2) is 40.3 Å². The van der Waals surface area contributed by atoms with E-state index < -0.39 is 12.0 Å². The summed E-state index contributed by atoms with van der Waals surface area (Å²) in [5.74, 6) is -0.814. The fourth-order valence-corrected chi connectivity index (χ4v) is 1.58.